The topological polar surface area (TPSA) is 50.4 Å². The fourth-order valence-electron chi connectivity index (χ4n) is 0.658. The Labute approximate surface area is 79.5 Å². The minimum atomic E-state index is -0.966. The second-order valence-corrected chi connectivity index (χ2v) is 2.61. The number of carboxylic acids is 1. The van der Waals surface area contributed by atoms with Gasteiger partial charge in [0, 0.05) is 6.07 Å². The molecule has 0 amide bonds. The van der Waals surface area contributed by atoms with E-state index < -0.39 is 5.97 Å². The number of carbonyl (C=O) groups is 1. The highest BCUT2D eigenvalue weighted by atomic mass is 79.9. The molecule has 1 aromatic rings. The molecule has 12 heavy (non-hydrogen) atoms. The Kier molecular flexibility index (Phi) is 4.66. The van der Waals surface area contributed by atoms with E-state index >= 15 is 0 Å². The Morgan fingerprint density at radius 2 is 2.08 bits per heavy atom. The number of furan rings is 1. The van der Waals surface area contributed by atoms with E-state index in [0.717, 1.165) is 0 Å². The lowest BCUT2D eigenvalue weighted by atomic mass is 10.3. The maximum Gasteiger partial charge on any atom is 0.339 e. The van der Waals surface area contributed by atoms with Gasteiger partial charge < -0.3 is 9.52 Å². The summed E-state index contributed by atoms with van der Waals surface area (Å²) in [7, 11) is 0. The molecule has 0 aliphatic heterocycles. The van der Waals surface area contributed by atoms with Crippen molar-refractivity contribution in [1.82, 2.24) is 0 Å². The normalized spacial score (nSPS) is 8.67. The first-order valence-corrected chi connectivity index (χ1v) is 4.40. The van der Waals surface area contributed by atoms with Crippen molar-refractivity contribution in [2.45, 2.75) is 20.8 Å². The van der Waals surface area contributed by atoms with Gasteiger partial charge in [0.15, 0.2) is 4.67 Å². The van der Waals surface area contributed by atoms with Gasteiger partial charge in [0.2, 0.25) is 0 Å². The number of halogens is 1. The summed E-state index contributed by atoms with van der Waals surface area (Å²) in [6, 6.07) is 1.43. The van der Waals surface area contributed by atoms with Gasteiger partial charge in [-0.2, -0.15) is 0 Å². The van der Waals surface area contributed by atoms with Crippen LogP contribution in [0, 0.1) is 6.92 Å². The first kappa shape index (κ1) is 11.2. The van der Waals surface area contributed by atoms with E-state index in [0.29, 0.717) is 10.4 Å². The van der Waals surface area contributed by atoms with E-state index in [1.807, 2.05) is 13.8 Å². The zero-order valence-corrected chi connectivity index (χ0v) is 8.81. The Morgan fingerprint density at radius 3 is 2.25 bits per heavy atom. The smallest absolute Gasteiger partial charge is 0.339 e. The van der Waals surface area contributed by atoms with Gasteiger partial charge in [-0.05, 0) is 22.9 Å². The molecule has 1 rings (SSSR count). The monoisotopic (exact) mass is 234 g/mol. The zero-order chi connectivity index (χ0) is 9.72. The SMILES string of the molecule is CC.Cc1oc(Br)cc1C(=O)O. The quantitative estimate of drug-likeness (QED) is 0.813. The van der Waals surface area contributed by atoms with Crippen LogP contribution < -0.4 is 0 Å². The molecule has 0 bridgehead atoms. The third-order valence-corrected chi connectivity index (χ3v) is 1.51. The number of aromatic carboxylic acids is 1. The molecule has 3 nitrogen and oxygen atoms in total. The second-order valence-electron chi connectivity index (χ2n) is 1.83. The molecule has 0 radical (unpaired) electrons. The summed E-state index contributed by atoms with van der Waals surface area (Å²) in [4.78, 5) is 10.4. The van der Waals surface area contributed by atoms with E-state index in [9.17, 15) is 4.79 Å². The summed E-state index contributed by atoms with van der Waals surface area (Å²) in [5, 5.41) is 8.50. The van der Waals surface area contributed by atoms with E-state index in [1.54, 1.807) is 6.92 Å². The first-order valence-electron chi connectivity index (χ1n) is 3.60. The molecule has 1 aromatic heterocycles. The molecule has 0 fully saturated rings. The molecule has 1 heterocycles. The van der Waals surface area contributed by atoms with Crippen molar-refractivity contribution < 1.29 is 14.3 Å². The Bertz CT molecular complexity index is 265. The van der Waals surface area contributed by atoms with E-state index in [2.05, 4.69) is 15.9 Å². The number of carboxylic acid groups (broad SMARTS) is 1. The third kappa shape index (κ3) is 2.70. The highest BCUT2D eigenvalue weighted by molar-refractivity contribution is 9.10. The standard InChI is InChI=1S/C6H5BrO3.C2H6/c1-3-4(6(8)9)2-5(7)10-3;1-2/h2H,1H3,(H,8,9);1-2H3. The molecule has 68 valence electrons. The fourth-order valence-corrected chi connectivity index (χ4v) is 1.13. The summed E-state index contributed by atoms with van der Waals surface area (Å²) in [5.74, 6) is -0.550. The molecule has 0 unspecified atom stereocenters. The lowest BCUT2D eigenvalue weighted by Crippen LogP contribution is -1.94. The van der Waals surface area contributed by atoms with Crippen molar-refractivity contribution in [3.63, 3.8) is 0 Å². The highest BCUT2D eigenvalue weighted by Crippen LogP contribution is 2.18. The van der Waals surface area contributed by atoms with Crippen LogP contribution in [-0.4, -0.2) is 11.1 Å². The molecule has 0 saturated carbocycles. The van der Waals surface area contributed by atoms with Gasteiger partial charge in [-0.1, -0.05) is 13.8 Å². The van der Waals surface area contributed by atoms with Crippen molar-refractivity contribution >= 4 is 21.9 Å². The largest absolute Gasteiger partial charge is 0.478 e. The van der Waals surface area contributed by atoms with Crippen molar-refractivity contribution in [1.29, 1.82) is 0 Å². The lowest BCUT2D eigenvalue weighted by molar-refractivity contribution is 0.0695. The molecule has 1 N–H and O–H groups in total. The van der Waals surface area contributed by atoms with Gasteiger partial charge in [-0.25, -0.2) is 4.79 Å². The predicted octanol–water partition coefficient (Wildman–Crippen LogP) is 3.07. The summed E-state index contributed by atoms with van der Waals surface area (Å²) in [6.07, 6.45) is 0. The van der Waals surface area contributed by atoms with E-state index in [-0.39, 0.29) is 5.56 Å². The molecular formula is C8H11BrO3. The highest BCUT2D eigenvalue weighted by Gasteiger charge is 2.11. The molecule has 0 aromatic carbocycles. The average molecular weight is 235 g/mol. The minimum Gasteiger partial charge on any atom is -0.478 e. The van der Waals surface area contributed by atoms with Crippen molar-refractivity contribution in [2.24, 2.45) is 0 Å². The molecule has 0 aliphatic rings. The Hall–Kier alpha value is -0.770. The molecule has 0 saturated heterocycles. The summed E-state index contributed by atoms with van der Waals surface area (Å²) in [5.41, 5.74) is 0.201. The van der Waals surface area contributed by atoms with E-state index in [4.69, 9.17) is 9.52 Å². The van der Waals surface area contributed by atoms with Crippen molar-refractivity contribution in [3.8, 4) is 0 Å². The third-order valence-electron chi connectivity index (χ3n) is 1.12. The maximum absolute atomic E-state index is 10.4. The van der Waals surface area contributed by atoms with Gasteiger partial charge in [0.25, 0.3) is 0 Å². The van der Waals surface area contributed by atoms with Crippen LogP contribution in [0.2, 0.25) is 0 Å². The van der Waals surface area contributed by atoms with Gasteiger partial charge in [-0.3, -0.25) is 0 Å². The second kappa shape index (κ2) is 4.98. The van der Waals surface area contributed by atoms with Crippen LogP contribution in [0.4, 0.5) is 0 Å². The molecule has 0 spiro atoms. The average Bonchev–Trinajstić information content (AvgIpc) is 2.34. The van der Waals surface area contributed by atoms with Crippen LogP contribution in [0.1, 0.15) is 30.0 Å². The Balaban J connectivity index is 0.000000561. The lowest BCUT2D eigenvalue weighted by Gasteiger charge is -1.85. The van der Waals surface area contributed by atoms with Crippen LogP contribution in [0.15, 0.2) is 15.2 Å². The molecule has 0 aliphatic carbocycles. The molecular weight excluding hydrogens is 224 g/mol. The molecule has 4 heteroatoms. The van der Waals surface area contributed by atoms with Crippen molar-refractivity contribution in [2.75, 3.05) is 0 Å². The van der Waals surface area contributed by atoms with E-state index in [1.165, 1.54) is 6.07 Å². The maximum atomic E-state index is 10.4. The van der Waals surface area contributed by atoms with Gasteiger partial charge in [0.1, 0.15) is 11.3 Å². The number of aryl methyl sites for hydroxylation is 1. The first-order chi connectivity index (χ1) is 5.61. The minimum absolute atomic E-state index is 0.201. The van der Waals surface area contributed by atoms with Crippen LogP contribution in [0.5, 0.6) is 0 Å². The Morgan fingerprint density at radius 1 is 1.58 bits per heavy atom. The number of hydrogen-bond acceptors (Lipinski definition) is 2. The van der Waals surface area contributed by atoms with Crippen LogP contribution >= 0.6 is 15.9 Å². The fraction of sp³-hybridized carbons (Fsp3) is 0.375. The summed E-state index contributed by atoms with van der Waals surface area (Å²) in [6.45, 7) is 5.61. The summed E-state index contributed by atoms with van der Waals surface area (Å²) >= 11 is 3.02. The van der Waals surface area contributed by atoms with Gasteiger partial charge in [-0.15, -0.1) is 0 Å². The number of hydrogen-bond donors (Lipinski definition) is 1. The molecule has 0 atom stereocenters. The van der Waals surface area contributed by atoms with Crippen LogP contribution in [-0.2, 0) is 0 Å². The predicted molar refractivity (Wildman–Crippen MR) is 49.5 cm³/mol. The van der Waals surface area contributed by atoms with Gasteiger partial charge >= 0.3 is 5.97 Å². The van der Waals surface area contributed by atoms with Gasteiger partial charge in [0.05, 0.1) is 0 Å². The van der Waals surface area contributed by atoms with Crippen LogP contribution in [0.25, 0.3) is 0 Å². The van der Waals surface area contributed by atoms with Crippen LogP contribution in [0.3, 0.4) is 0 Å². The zero-order valence-electron chi connectivity index (χ0n) is 7.22. The number of rotatable bonds is 1. The van der Waals surface area contributed by atoms with Crippen molar-refractivity contribution in [3.05, 3.63) is 22.1 Å². The summed E-state index contributed by atoms with van der Waals surface area (Å²) < 4.78 is 5.36.